The van der Waals surface area contributed by atoms with Crippen LogP contribution in [0.15, 0.2) is 53.3 Å². The molecule has 0 radical (unpaired) electrons. The number of aromatic nitrogens is 3. The maximum absolute atomic E-state index is 5.31. The lowest BCUT2D eigenvalue weighted by molar-refractivity contribution is 0.422. The molecule has 0 unspecified atom stereocenters. The quantitative estimate of drug-likeness (QED) is 0.778. The Hall–Kier alpha value is -2.69. The Morgan fingerprint density at radius 3 is 2.81 bits per heavy atom. The van der Waals surface area contributed by atoms with Gasteiger partial charge in [-0.15, -0.1) is 0 Å². The van der Waals surface area contributed by atoms with Crippen molar-refractivity contribution in [1.82, 2.24) is 15.1 Å². The number of nitrogens with one attached hydrogen (secondary N) is 1. The summed E-state index contributed by atoms with van der Waals surface area (Å²) in [6, 6.07) is 12.0. The minimum Gasteiger partial charge on any atom is -0.385 e. The summed E-state index contributed by atoms with van der Waals surface area (Å²) in [7, 11) is 0. The zero-order chi connectivity index (χ0) is 14.5. The van der Waals surface area contributed by atoms with E-state index in [1.807, 2.05) is 43.3 Å². The van der Waals surface area contributed by atoms with Gasteiger partial charge in [0.1, 0.15) is 0 Å². The molecule has 0 spiro atoms. The van der Waals surface area contributed by atoms with Gasteiger partial charge in [-0.25, -0.2) is 0 Å². The van der Waals surface area contributed by atoms with Crippen molar-refractivity contribution in [1.29, 1.82) is 0 Å². The van der Waals surface area contributed by atoms with Crippen LogP contribution in [0.25, 0.3) is 11.5 Å². The summed E-state index contributed by atoms with van der Waals surface area (Å²) in [5.74, 6) is 1.21. The second-order valence-electron chi connectivity index (χ2n) is 4.75. The minimum atomic E-state index is 0.523. The molecule has 2 heterocycles. The summed E-state index contributed by atoms with van der Waals surface area (Å²) in [5.41, 5.74) is 3.04. The summed E-state index contributed by atoms with van der Waals surface area (Å²) >= 11 is 0. The molecule has 0 saturated heterocycles. The third kappa shape index (κ3) is 3.25. The largest absolute Gasteiger partial charge is 0.385 e. The molecule has 0 fully saturated rings. The maximum Gasteiger partial charge on any atom is 0.259 e. The second kappa shape index (κ2) is 6.17. The van der Waals surface area contributed by atoms with Gasteiger partial charge in [0.2, 0.25) is 0 Å². The first-order valence-corrected chi connectivity index (χ1v) is 6.85. The minimum absolute atomic E-state index is 0.523. The number of benzene rings is 1. The van der Waals surface area contributed by atoms with E-state index in [2.05, 4.69) is 20.4 Å². The fourth-order valence-electron chi connectivity index (χ4n) is 2.03. The van der Waals surface area contributed by atoms with Crippen LogP contribution in [-0.2, 0) is 6.42 Å². The van der Waals surface area contributed by atoms with Gasteiger partial charge in [-0.3, -0.25) is 4.98 Å². The molecule has 1 N–H and O–H groups in total. The fraction of sp³-hybridized carbons (Fsp3) is 0.188. The van der Waals surface area contributed by atoms with Crippen LogP contribution in [0.3, 0.4) is 0 Å². The van der Waals surface area contributed by atoms with E-state index < -0.39 is 0 Å². The number of rotatable bonds is 5. The normalized spacial score (nSPS) is 10.5. The van der Waals surface area contributed by atoms with E-state index in [-0.39, 0.29) is 0 Å². The SMILES string of the molecule is Cc1ccncc1-c1nc(CCNc2ccccc2)no1. The van der Waals surface area contributed by atoms with Crippen molar-refractivity contribution in [3.63, 3.8) is 0 Å². The third-order valence-corrected chi connectivity index (χ3v) is 3.19. The molecule has 106 valence electrons. The molecular formula is C16H16N4O. The molecule has 3 aromatic rings. The highest BCUT2D eigenvalue weighted by molar-refractivity contribution is 5.56. The van der Waals surface area contributed by atoms with Gasteiger partial charge >= 0.3 is 0 Å². The van der Waals surface area contributed by atoms with Gasteiger partial charge in [-0.05, 0) is 30.7 Å². The monoisotopic (exact) mass is 280 g/mol. The van der Waals surface area contributed by atoms with Crippen molar-refractivity contribution in [2.45, 2.75) is 13.3 Å². The van der Waals surface area contributed by atoms with E-state index >= 15 is 0 Å². The van der Waals surface area contributed by atoms with Crippen LogP contribution in [0.2, 0.25) is 0 Å². The summed E-state index contributed by atoms with van der Waals surface area (Å²) in [6.45, 7) is 2.76. The molecule has 0 amide bonds. The Kier molecular flexibility index (Phi) is 3.91. The van der Waals surface area contributed by atoms with Gasteiger partial charge in [0.05, 0.1) is 5.56 Å². The fourth-order valence-corrected chi connectivity index (χ4v) is 2.03. The van der Waals surface area contributed by atoms with Crippen LogP contribution >= 0.6 is 0 Å². The number of nitrogens with zero attached hydrogens (tertiary/aromatic N) is 3. The molecule has 0 aliphatic rings. The number of aryl methyl sites for hydroxylation is 1. The number of hydrogen-bond acceptors (Lipinski definition) is 5. The topological polar surface area (TPSA) is 63.8 Å². The molecule has 0 aliphatic heterocycles. The van der Waals surface area contributed by atoms with Crippen molar-refractivity contribution in [2.75, 3.05) is 11.9 Å². The van der Waals surface area contributed by atoms with Crippen LogP contribution in [0.1, 0.15) is 11.4 Å². The molecule has 1 aromatic carbocycles. The predicted molar refractivity (Wildman–Crippen MR) is 80.9 cm³/mol. The molecule has 0 bridgehead atoms. The highest BCUT2D eigenvalue weighted by Gasteiger charge is 2.10. The van der Waals surface area contributed by atoms with Crippen LogP contribution in [0.5, 0.6) is 0 Å². The molecule has 2 aromatic heterocycles. The van der Waals surface area contributed by atoms with Gasteiger partial charge in [-0.1, -0.05) is 23.4 Å². The average molecular weight is 280 g/mol. The van der Waals surface area contributed by atoms with Crippen LogP contribution in [0.4, 0.5) is 5.69 Å². The second-order valence-corrected chi connectivity index (χ2v) is 4.75. The first kappa shape index (κ1) is 13.3. The van der Waals surface area contributed by atoms with Crippen molar-refractivity contribution < 1.29 is 4.52 Å². The van der Waals surface area contributed by atoms with Crippen molar-refractivity contribution in [3.05, 3.63) is 60.2 Å². The number of anilines is 1. The molecule has 3 rings (SSSR count). The van der Waals surface area contributed by atoms with E-state index in [1.54, 1.807) is 12.4 Å². The van der Waals surface area contributed by atoms with Crippen LogP contribution < -0.4 is 5.32 Å². The van der Waals surface area contributed by atoms with E-state index in [0.29, 0.717) is 18.1 Å². The molecular weight excluding hydrogens is 264 g/mol. The lowest BCUT2D eigenvalue weighted by Gasteiger charge is -2.03. The molecule has 5 heteroatoms. The zero-order valence-electron chi connectivity index (χ0n) is 11.8. The van der Waals surface area contributed by atoms with E-state index in [1.165, 1.54) is 0 Å². The van der Waals surface area contributed by atoms with Gasteiger partial charge < -0.3 is 9.84 Å². The van der Waals surface area contributed by atoms with Crippen LogP contribution in [-0.4, -0.2) is 21.7 Å². The van der Waals surface area contributed by atoms with Gasteiger partial charge in [0, 0.05) is 31.0 Å². The molecule has 0 saturated carbocycles. The number of para-hydroxylation sites is 1. The summed E-state index contributed by atoms with van der Waals surface area (Å²) in [4.78, 5) is 8.51. The standard InChI is InChI=1S/C16H16N4O/c1-12-7-9-17-11-14(12)16-19-15(20-21-16)8-10-18-13-5-3-2-4-6-13/h2-7,9,11,18H,8,10H2,1H3. The van der Waals surface area contributed by atoms with Crippen molar-refractivity contribution in [2.24, 2.45) is 0 Å². The predicted octanol–water partition coefficient (Wildman–Crippen LogP) is 3.09. The van der Waals surface area contributed by atoms with Crippen molar-refractivity contribution >= 4 is 5.69 Å². The summed E-state index contributed by atoms with van der Waals surface area (Å²) in [5, 5.41) is 7.33. The zero-order valence-corrected chi connectivity index (χ0v) is 11.8. The Balaban J connectivity index is 1.62. The molecule has 0 atom stereocenters. The van der Waals surface area contributed by atoms with E-state index in [0.717, 1.165) is 23.4 Å². The van der Waals surface area contributed by atoms with E-state index in [4.69, 9.17) is 4.52 Å². The molecule has 0 aliphatic carbocycles. The van der Waals surface area contributed by atoms with Crippen molar-refractivity contribution in [3.8, 4) is 11.5 Å². The highest BCUT2D eigenvalue weighted by atomic mass is 16.5. The van der Waals surface area contributed by atoms with Gasteiger partial charge in [0.25, 0.3) is 5.89 Å². The highest BCUT2D eigenvalue weighted by Crippen LogP contribution is 2.19. The third-order valence-electron chi connectivity index (χ3n) is 3.19. The Bertz CT molecular complexity index is 709. The molecule has 21 heavy (non-hydrogen) atoms. The van der Waals surface area contributed by atoms with E-state index in [9.17, 15) is 0 Å². The maximum atomic E-state index is 5.31. The molecule has 5 nitrogen and oxygen atoms in total. The smallest absolute Gasteiger partial charge is 0.259 e. The summed E-state index contributed by atoms with van der Waals surface area (Å²) < 4.78 is 5.31. The van der Waals surface area contributed by atoms with Gasteiger partial charge in [-0.2, -0.15) is 4.98 Å². The Morgan fingerprint density at radius 1 is 1.14 bits per heavy atom. The summed E-state index contributed by atoms with van der Waals surface area (Å²) in [6.07, 6.45) is 4.20. The number of hydrogen-bond donors (Lipinski definition) is 1. The van der Waals surface area contributed by atoms with Gasteiger partial charge in [0.15, 0.2) is 5.82 Å². The van der Waals surface area contributed by atoms with Crippen LogP contribution in [0, 0.1) is 6.92 Å². The Labute approximate surface area is 123 Å². The Morgan fingerprint density at radius 2 is 2.00 bits per heavy atom. The first-order chi connectivity index (χ1) is 10.3. The lowest BCUT2D eigenvalue weighted by Crippen LogP contribution is -2.05. The average Bonchev–Trinajstić information content (AvgIpc) is 2.97. The lowest BCUT2D eigenvalue weighted by atomic mass is 10.2. The number of pyridine rings is 1. The first-order valence-electron chi connectivity index (χ1n) is 6.85.